The highest BCUT2D eigenvalue weighted by Crippen LogP contribution is 2.22. The zero-order valence-corrected chi connectivity index (χ0v) is 12.1. The fraction of sp³-hybridized carbons (Fsp3) is 0.562. The summed E-state index contributed by atoms with van der Waals surface area (Å²) in [5, 5.41) is 0. The third kappa shape index (κ3) is 4.91. The highest BCUT2D eigenvalue weighted by atomic mass is 16.5. The molecule has 0 radical (unpaired) electrons. The molecule has 0 saturated heterocycles. The van der Waals surface area contributed by atoms with Crippen LogP contribution in [0.4, 0.5) is 0 Å². The van der Waals surface area contributed by atoms with Crippen LogP contribution >= 0.6 is 0 Å². The van der Waals surface area contributed by atoms with Crippen LogP contribution in [0.3, 0.4) is 0 Å². The van der Waals surface area contributed by atoms with E-state index in [1.54, 1.807) is 0 Å². The van der Waals surface area contributed by atoms with Crippen molar-refractivity contribution in [3.8, 4) is 0 Å². The quantitative estimate of drug-likeness (QED) is 0.759. The van der Waals surface area contributed by atoms with E-state index >= 15 is 0 Å². The van der Waals surface area contributed by atoms with Gasteiger partial charge in [-0.3, -0.25) is 4.79 Å². The highest BCUT2D eigenvalue weighted by Gasteiger charge is 2.13. The summed E-state index contributed by atoms with van der Waals surface area (Å²) in [6.45, 7) is 10.7. The SMILES string of the molecule is CC(=O)OC[C@@H](C)Cc1ccc(C(C)(C)C)cc1. The first-order valence-corrected chi connectivity index (χ1v) is 6.52. The van der Waals surface area contributed by atoms with Gasteiger partial charge in [-0.15, -0.1) is 0 Å². The molecule has 1 atom stereocenters. The first-order valence-electron chi connectivity index (χ1n) is 6.52. The Morgan fingerprint density at radius 3 is 2.22 bits per heavy atom. The minimum Gasteiger partial charge on any atom is -0.466 e. The van der Waals surface area contributed by atoms with Gasteiger partial charge in [0, 0.05) is 6.92 Å². The summed E-state index contributed by atoms with van der Waals surface area (Å²) < 4.78 is 5.01. The van der Waals surface area contributed by atoms with Crippen LogP contribution < -0.4 is 0 Å². The van der Waals surface area contributed by atoms with Crippen molar-refractivity contribution in [2.45, 2.75) is 46.5 Å². The van der Waals surface area contributed by atoms with Crippen molar-refractivity contribution in [2.75, 3.05) is 6.61 Å². The Bertz CT molecular complexity index is 385. The monoisotopic (exact) mass is 248 g/mol. The number of hydrogen-bond donors (Lipinski definition) is 0. The van der Waals surface area contributed by atoms with E-state index in [4.69, 9.17) is 4.74 Å². The molecular formula is C16H24O2. The molecule has 0 heterocycles. The molecule has 0 bridgehead atoms. The fourth-order valence-electron chi connectivity index (χ4n) is 1.86. The van der Waals surface area contributed by atoms with Gasteiger partial charge < -0.3 is 4.74 Å². The number of carbonyl (C=O) groups is 1. The number of hydrogen-bond acceptors (Lipinski definition) is 2. The van der Waals surface area contributed by atoms with Crippen LogP contribution in [0.5, 0.6) is 0 Å². The van der Waals surface area contributed by atoms with E-state index in [1.165, 1.54) is 18.1 Å². The Morgan fingerprint density at radius 2 is 1.78 bits per heavy atom. The van der Waals surface area contributed by atoms with Crippen LogP contribution in [0.15, 0.2) is 24.3 Å². The second-order valence-corrected chi connectivity index (χ2v) is 6.06. The van der Waals surface area contributed by atoms with E-state index in [-0.39, 0.29) is 11.4 Å². The first-order chi connectivity index (χ1) is 8.29. The molecule has 0 fully saturated rings. The minimum absolute atomic E-state index is 0.196. The lowest BCUT2D eigenvalue weighted by Gasteiger charge is -2.19. The number of rotatable bonds is 4. The second-order valence-electron chi connectivity index (χ2n) is 6.06. The maximum Gasteiger partial charge on any atom is 0.302 e. The van der Waals surface area contributed by atoms with E-state index < -0.39 is 0 Å². The summed E-state index contributed by atoms with van der Waals surface area (Å²) in [6.07, 6.45) is 0.942. The largest absolute Gasteiger partial charge is 0.466 e. The zero-order valence-electron chi connectivity index (χ0n) is 12.1. The number of ether oxygens (including phenoxy) is 1. The Balaban J connectivity index is 2.56. The molecule has 0 aliphatic heterocycles. The molecular weight excluding hydrogens is 224 g/mol. The molecule has 0 aromatic heterocycles. The van der Waals surface area contributed by atoms with Crippen LogP contribution in [0.25, 0.3) is 0 Å². The molecule has 1 rings (SSSR count). The molecule has 0 aliphatic carbocycles. The molecule has 0 unspecified atom stereocenters. The van der Waals surface area contributed by atoms with Gasteiger partial charge in [0.15, 0.2) is 0 Å². The summed E-state index contributed by atoms with van der Waals surface area (Å²) in [7, 11) is 0. The molecule has 0 amide bonds. The molecule has 0 N–H and O–H groups in total. The van der Waals surface area contributed by atoms with Gasteiger partial charge in [-0.2, -0.15) is 0 Å². The van der Waals surface area contributed by atoms with Crippen molar-refractivity contribution in [1.82, 2.24) is 0 Å². The van der Waals surface area contributed by atoms with Crippen LogP contribution in [-0.2, 0) is 21.4 Å². The van der Waals surface area contributed by atoms with Gasteiger partial charge >= 0.3 is 5.97 Å². The van der Waals surface area contributed by atoms with Crippen LogP contribution in [0, 0.1) is 5.92 Å². The second kappa shape index (κ2) is 6.03. The maximum atomic E-state index is 10.7. The van der Waals surface area contributed by atoms with Crippen molar-refractivity contribution in [1.29, 1.82) is 0 Å². The maximum absolute atomic E-state index is 10.7. The summed E-state index contributed by atoms with van der Waals surface area (Å²) in [5.41, 5.74) is 2.84. The molecule has 0 aliphatic rings. The van der Waals surface area contributed by atoms with Gasteiger partial charge in [-0.25, -0.2) is 0 Å². The highest BCUT2D eigenvalue weighted by molar-refractivity contribution is 5.65. The normalized spacial score (nSPS) is 13.2. The predicted molar refractivity (Wildman–Crippen MR) is 74.6 cm³/mol. The zero-order chi connectivity index (χ0) is 13.8. The summed E-state index contributed by atoms with van der Waals surface area (Å²) in [5.74, 6) is 0.152. The van der Waals surface area contributed by atoms with E-state index in [0.717, 1.165) is 6.42 Å². The predicted octanol–water partition coefficient (Wildman–Crippen LogP) is 3.73. The van der Waals surface area contributed by atoms with Crippen molar-refractivity contribution < 1.29 is 9.53 Å². The van der Waals surface area contributed by atoms with Crippen molar-refractivity contribution in [3.63, 3.8) is 0 Å². The summed E-state index contributed by atoms with van der Waals surface area (Å²) >= 11 is 0. The third-order valence-corrected chi connectivity index (χ3v) is 2.98. The van der Waals surface area contributed by atoms with Crippen molar-refractivity contribution in [2.24, 2.45) is 5.92 Å². The van der Waals surface area contributed by atoms with Gasteiger partial charge in [-0.05, 0) is 28.9 Å². The molecule has 0 saturated carbocycles. The Hall–Kier alpha value is -1.31. The average molecular weight is 248 g/mol. The lowest BCUT2D eigenvalue weighted by molar-refractivity contribution is -0.142. The fourth-order valence-corrected chi connectivity index (χ4v) is 1.86. The van der Waals surface area contributed by atoms with Crippen molar-refractivity contribution in [3.05, 3.63) is 35.4 Å². The summed E-state index contributed by atoms with van der Waals surface area (Å²) in [4.78, 5) is 10.7. The van der Waals surface area contributed by atoms with Gasteiger partial charge in [0.05, 0.1) is 6.61 Å². The van der Waals surface area contributed by atoms with Gasteiger partial charge in [-0.1, -0.05) is 52.0 Å². The number of benzene rings is 1. The molecule has 18 heavy (non-hydrogen) atoms. The molecule has 1 aromatic rings. The lowest BCUT2D eigenvalue weighted by Crippen LogP contribution is -2.13. The number of carbonyl (C=O) groups excluding carboxylic acids is 1. The van der Waals surface area contributed by atoms with Crippen molar-refractivity contribution >= 4 is 5.97 Å². The van der Waals surface area contributed by atoms with Gasteiger partial charge in [0.25, 0.3) is 0 Å². The molecule has 2 heteroatoms. The van der Waals surface area contributed by atoms with E-state index in [9.17, 15) is 4.79 Å². The van der Waals surface area contributed by atoms with Crippen LogP contribution in [-0.4, -0.2) is 12.6 Å². The minimum atomic E-state index is -0.204. The van der Waals surface area contributed by atoms with E-state index in [2.05, 4.69) is 52.0 Å². The number of esters is 1. The Morgan fingerprint density at radius 1 is 1.22 bits per heavy atom. The van der Waals surface area contributed by atoms with Crippen LogP contribution in [0.1, 0.15) is 45.7 Å². The third-order valence-electron chi connectivity index (χ3n) is 2.98. The van der Waals surface area contributed by atoms with Gasteiger partial charge in [0.2, 0.25) is 0 Å². The van der Waals surface area contributed by atoms with Crippen LogP contribution in [0.2, 0.25) is 0 Å². The lowest BCUT2D eigenvalue weighted by atomic mass is 9.86. The smallest absolute Gasteiger partial charge is 0.302 e. The topological polar surface area (TPSA) is 26.3 Å². The summed E-state index contributed by atoms with van der Waals surface area (Å²) in [6, 6.07) is 8.72. The van der Waals surface area contributed by atoms with E-state index in [0.29, 0.717) is 12.5 Å². The van der Waals surface area contributed by atoms with Gasteiger partial charge in [0.1, 0.15) is 0 Å². The average Bonchev–Trinajstić information content (AvgIpc) is 2.26. The molecule has 2 nitrogen and oxygen atoms in total. The first kappa shape index (κ1) is 14.7. The molecule has 0 spiro atoms. The standard InChI is InChI=1S/C16H24O2/c1-12(11-18-13(2)17)10-14-6-8-15(9-7-14)16(3,4)5/h6-9,12H,10-11H2,1-5H3/t12-/m0/s1. The molecule has 100 valence electrons. The molecule has 1 aromatic carbocycles. The van der Waals surface area contributed by atoms with E-state index in [1.807, 2.05) is 0 Å². The Labute approximate surface area is 110 Å². The Kier molecular flexibility index (Phi) is 4.94.